The van der Waals surface area contributed by atoms with Gasteiger partial charge in [-0.15, -0.1) is 0 Å². The van der Waals surface area contributed by atoms with E-state index >= 15 is 0 Å². The van der Waals surface area contributed by atoms with Crippen LogP contribution in [-0.2, 0) is 4.74 Å². The molecule has 0 bridgehead atoms. The Balaban J connectivity index is 1.79. The van der Waals surface area contributed by atoms with E-state index in [1.54, 1.807) is 0 Å². The van der Waals surface area contributed by atoms with Crippen LogP contribution in [0.5, 0.6) is 23.0 Å². The molecular formula is C18H11O7-. The topological polar surface area (TPSA) is 116 Å². The number of fused-ring (bicyclic) bond motifs is 5. The van der Waals surface area contributed by atoms with Crippen LogP contribution in [0.15, 0.2) is 18.2 Å². The summed E-state index contributed by atoms with van der Waals surface area (Å²) >= 11 is 0. The number of carbonyl (C=O) groups is 2. The number of ether oxygens (including phenoxy) is 2. The van der Waals surface area contributed by atoms with E-state index in [2.05, 4.69) is 0 Å². The number of aromatic hydroxyl groups is 2. The minimum Gasteiger partial charge on any atom is -0.872 e. The smallest absolute Gasteiger partial charge is 0.206 e. The maximum absolute atomic E-state index is 13.0. The maximum atomic E-state index is 13.0. The first-order valence-corrected chi connectivity index (χ1v) is 7.79. The van der Waals surface area contributed by atoms with E-state index in [9.17, 15) is 24.9 Å². The molecule has 2 aliphatic heterocycles. The molecule has 2 atom stereocenters. The Labute approximate surface area is 141 Å². The third kappa shape index (κ3) is 1.68. The Morgan fingerprint density at radius 1 is 1.04 bits per heavy atom. The third-order valence-electron chi connectivity index (χ3n) is 4.98. The van der Waals surface area contributed by atoms with Gasteiger partial charge in [0.2, 0.25) is 6.29 Å². The van der Waals surface area contributed by atoms with Gasteiger partial charge >= 0.3 is 0 Å². The van der Waals surface area contributed by atoms with Gasteiger partial charge in [-0.1, -0.05) is 5.75 Å². The molecule has 1 fully saturated rings. The lowest BCUT2D eigenvalue weighted by atomic mass is 9.80. The fourth-order valence-corrected chi connectivity index (χ4v) is 3.89. The summed E-state index contributed by atoms with van der Waals surface area (Å²) in [5.41, 5.74) is -0.377. The molecule has 126 valence electrons. The molecule has 2 aromatic rings. The molecule has 0 saturated carbocycles. The highest BCUT2D eigenvalue weighted by Crippen LogP contribution is 2.51. The SMILES string of the molecule is O=C1c2cc(O)cc(O)c2C(=O)c2c1cc1c(c2[O-])[C@@H]2CCO[C@@H]2O1. The average molecular weight is 339 g/mol. The first-order chi connectivity index (χ1) is 12.0. The van der Waals surface area contributed by atoms with Crippen molar-refractivity contribution in [2.24, 2.45) is 0 Å². The molecule has 2 heterocycles. The van der Waals surface area contributed by atoms with Crippen molar-refractivity contribution in [3.05, 3.63) is 46.0 Å². The number of carbonyl (C=O) groups excluding carboxylic acids is 2. The number of hydrogen-bond donors (Lipinski definition) is 2. The second kappa shape index (κ2) is 4.52. The Kier molecular flexibility index (Phi) is 2.58. The van der Waals surface area contributed by atoms with E-state index in [0.717, 1.165) is 12.1 Å². The molecule has 25 heavy (non-hydrogen) atoms. The molecule has 3 aliphatic rings. The maximum Gasteiger partial charge on any atom is 0.206 e. The number of rotatable bonds is 0. The molecule has 7 nitrogen and oxygen atoms in total. The minimum absolute atomic E-state index is 0.0776. The van der Waals surface area contributed by atoms with Gasteiger partial charge in [0.25, 0.3) is 0 Å². The summed E-state index contributed by atoms with van der Waals surface area (Å²) in [6.07, 6.45) is 0.0281. The number of phenolic OH excluding ortho intramolecular Hbond substituents is 2. The van der Waals surface area contributed by atoms with Crippen molar-refractivity contribution in [1.29, 1.82) is 0 Å². The predicted octanol–water partition coefficient (Wildman–Crippen LogP) is 1.17. The zero-order valence-corrected chi connectivity index (χ0v) is 12.7. The van der Waals surface area contributed by atoms with Gasteiger partial charge < -0.3 is 24.8 Å². The van der Waals surface area contributed by atoms with Crippen LogP contribution in [0.2, 0.25) is 0 Å². The first kappa shape index (κ1) is 14.3. The van der Waals surface area contributed by atoms with E-state index in [0.29, 0.717) is 18.6 Å². The van der Waals surface area contributed by atoms with Crippen LogP contribution in [0, 0.1) is 0 Å². The van der Waals surface area contributed by atoms with Crippen LogP contribution in [0.1, 0.15) is 49.7 Å². The Hall–Kier alpha value is -3.06. The molecule has 1 aliphatic carbocycles. The van der Waals surface area contributed by atoms with Crippen molar-refractivity contribution in [3.63, 3.8) is 0 Å². The summed E-state index contributed by atoms with van der Waals surface area (Å²) in [7, 11) is 0. The Morgan fingerprint density at radius 2 is 1.80 bits per heavy atom. The second-order valence-corrected chi connectivity index (χ2v) is 6.34. The van der Waals surface area contributed by atoms with Crippen molar-refractivity contribution in [2.75, 3.05) is 6.61 Å². The predicted molar refractivity (Wildman–Crippen MR) is 80.3 cm³/mol. The quantitative estimate of drug-likeness (QED) is 0.631. The summed E-state index contributed by atoms with van der Waals surface area (Å²) < 4.78 is 11.0. The molecule has 2 N–H and O–H groups in total. The van der Waals surface area contributed by atoms with Crippen LogP contribution in [-0.4, -0.2) is 34.7 Å². The fourth-order valence-electron chi connectivity index (χ4n) is 3.89. The molecular weight excluding hydrogens is 328 g/mol. The summed E-state index contributed by atoms with van der Waals surface area (Å²) in [6.45, 7) is 0.459. The van der Waals surface area contributed by atoms with E-state index in [4.69, 9.17) is 9.47 Å². The van der Waals surface area contributed by atoms with Crippen LogP contribution < -0.4 is 9.84 Å². The van der Waals surface area contributed by atoms with Gasteiger partial charge in [-0.3, -0.25) is 9.59 Å². The van der Waals surface area contributed by atoms with Crippen molar-refractivity contribution in [2.45, 2.75) is 18.6 Å². The lowest BCUT2D eigenvalue weighted by Gasteiger charge is -2.26. The highest BCUT2D eigenvalue weighted by Gasteiger charge is 2.43. The van der Waals surface area contributed by atoms with E-state index in [1.807, 2.05) is 0 Å². The van der Waals surface area contributed by atoms with Crippen molar-refractivity contribution in [3.8, 4) is 23.0 Å². The molecule has 0 amide bonds. The van der Waals surface area contributed by atoms with Gasteiger partial charge in [0.1, 0.15) is 17.2 Å². The Morgan fingerprint density at radius 3 is 2.60 bits per heavy atom. The van der Waals surface area contributed by atoms with E-state index < -0.39 is 29.4 Å². The number of phenols is 2. The molecule has 5 rings (SSSR count). The van der Waals surface area contributed by atoms with E-state index in [-0.39, 0.29) is 39.7 Å². The Bertz CT molecular complexity index is 992. The third-order valence-corrected chi connectivity index (χ3v) is 4.98. The monoisotopic (exact) mass is 339 g/mol. The summed E-state index contributed by atoms with van der Waals surface area (Å²) in [6, 6.07) is 3.46. The molecule has 2 aromatic carbocycles. The highest BCUT2D eigenvalue weighted by molar-refractivity contribution is 6.30. The molecule has 0 unspecified atom stereocenters. The van der Waals surface area contributed by atoms with Crippen molar-refractivity contribution in [1.82, 2.24) is 0 Å². The van der Waals surface area contributed by atoms with Gasteiger partial charge in [-0.2, -0.15) is 0 Å². The van der Waals surface area contributed by atoms with Crippen LogP contribution in [0.4, 0.5) is 0 Å². The molecule has 0 radical (unpaired) electrons. The molecule has 1 saturated heterocycles. The largest absolute Gasteiger partial charge is 0.872 e. The normalized spacial score (nSPS) is 22.9. The van der Waals surface area contributed by atoms with Crippen LogP contribution >= 0.6 is 0 Å². The fraction of sp³-hybridized carbons (Fsp3) is 0.222. The van der Waals surface area contributed by atoms with Crippen molar-refractivity contribution < 1.29 is 34.4 Å². The second-order valence-electron chi connectivity index (χ2n) is 6.34. The number of benzene rings is 2. The van der Waals surface area contributed by atoms with Crippen LogP contribution in [0.25, 0.3) is 0 Å². The van der Waals surface area contributed by atoms with Crippen molar-refractivity contribution >= 4 is 11.6 Å². The number of ketones is 2. The van der Waals surface area contributed by atoms with Gasteiger partial charge in [0, 0.05) is 22.8 Å². The molecule has 0 spiro atoms. The zero-order valence-electron chi connectivity index (χ0n) is 12.7. The summed E-state index contributed by atoms with van der Waals surface area (Å²) in [4.78, 5) is 25.6. The first-order valence-electron chi connectivity index (χ1n) is 7.79. The standard InChI is InChI=1S/C18H12O7/c19-6-3-8-12(10(20)4-6)16(22)14-9(15(8)21)5-11-13(17(14)23)7-1-2-24-18(7)25-11/h3-5,7,18-20,23H,1-2H2/p-1/t7-,18+/m0/s1. The highest BCUT2D eigenvalue weighted by atomic mass is 16.7. The summed E-state index contributed by atoms with van der Waals surface area (Å²) in [5, 5.41) is 32.6. The van der Waals surface area contributed by atoms with Gasteiger partial charge in [0.05, 0.1) is 18.1 Å². The van der Waals surface area contributed by atoms with Gasteiger partial charge in [-0.05, 0) is 24.1 Å². The molecule has 7 heteroatoms. The van der Waals surface area contributed by atoms with Gasteiger partial charge in [0.15, 0.2) is 11.6 Å². The van der Waals surface area contributed by atoms with E-state index in [1.165, 1.54) is 6.07 Å². The average Bonchev–Trinajstić information content (AvgIpc) is 3.11. The lowest BCUT2D eigenvalue weighted by molar-refractivity contribution is -0.270. The van der Waals surface area contributed by atoms with Crippen LogP contribution in [0.3, 0.4) is 0 Å². The lowest BCUT2D eigenvalue weighted by Crippen LogP contribution is -2.23. The number of hydrogen-bond acceptors (Lipinski definition) is 7. The van der Waals surface area contributed by atoms with Gasteiger partial charge in [-0.25, -0.2) is 0 Å². The molecule has 0 aromatic heterocycles. The zero-order chi connectivity index (χ0) is 17.5. The minimum atomic E-state index is -0.725. The summed E-state index contributed by atoms with van der Waals surface area (Å²) in [5.74, 6) is -2.77.